The van der Waals surface area contributed by atoms with Gasteiger partial charge in [-0.15, -0.1) is 0 Å². The standard InChI is InChI=1S/C12H22/c1-4-5-6-12-9-10(2)7-8-11(12)3/h11-12H,2,4-9H2,1,3H3. The van der Waals surface area contributed by atoms with E-state index in [1.807, 2.05) is 0 Å². The minimum Gasteiger partial charge on any atom is -0.0999 e. The quantitative estimate of drug-likeness (QED) is 0.552. The van der Waals surface area contributed by atoms with Gasteiger partial charge in [0.1, 0.15) is 0 Å². The highest BCUT2D eigenvalue weighted by Gasteiger charge is 2.22. The molecule has 0 aromatic carbocycles. The Morgan fingerprint density at radius 1 is 1.50 bits per heavy atom. The largest absolute Gasteiger partial charge is 0.0999 e. The highest BCUT2D eigenvalue weighted by molar-refractivity contribution is 5.00. The number of unbranched alkanes of at least 4 members (excludes halogenated alkanes) is 1. The van der Waals surface area contributed by atoms with Crippen LogP contribution in [0.1, 0.15) is 52.4 Å². The zero-order chi connectivity index (χ0) is 8.97. The summed E-state index contributed by atoms with van der Waals surface area (Å²) in [4.78, 5) is 0. The van der Waals surface area contributed by atoms with Crippen LogP contribution < -0.4 is 0 Å². The Kier molecular flexibility index (Phi) is 3.84. The van der Waals surface area contributed by atoms with Crippen molar-refractivity contribution >= 4 is 0 Å². The van der Waals surface area contributed by atoms with Crippen LogP contribution in [0.15, 0.2) is 12.2 Å². The maximum absolute atomic E-state index is 4.11. The highest BCUT2D eigenvalue weighted by Crippen LogP contribution is 2.35. The van der Waals surface area contributed by atoms with Gasteiger partial charge in [-0.1, -0.05) is 38.8 Å². The molecule has 0 bridgehead atoms. The average Bonchev–Trinajstić information content (AvgIpc) is 2.07. The van der Waals surface area contributed by atoms with Crippen LogP contribution in [-0.2, 0) is 0 Å². The van der Waals surface area contributed by atoms with E-state index in [-0.39, 0.29) is 0 Å². The van der Waals surface area contributed by atoms with Crippen LogP contribution in [0.5, 0.6) is 0 Å². The van der Waals surface area contributed by atoms with E-state index in [9.17, 15) is 0 Å². The first-order valence-electron chi connectivity index (χ1n) is 5.40. The summed E-state index contributed by atoms with van der Waals surface area (Å²) >= 11 is 0. The lowest BCUT2D eigenvalue weighted by molar-refractivity contribution is 0.277. The molecule has 2 atom stereocenters. The number of hydrogen-bond donors (Lipinski definition) is 0. The van der Waals surface area contributed by atoms with Gasteiger partial charge < -0.3 is 0 Å². The van der Waals surface area contributed by atoms with Crippen molar-refractivity contribution in [3.05, 3.63) is 12.2 Å². The Morgan fingerprint density at radius 3 is 2.92 bits per heavy atom. The van der Waals surface area contributed by atoms with Crippen molar-refractivity contribution in [2.45, 2.75) is 52.4 Å². The molecule has 1 aliphatic carbocycles. The Balaban J connectivity index is 2.33. The minimum absolute atomic E-state index is 0.946. The van der Waals surface area contributed by atoms with Gasteiger partial charge in [-0.2, -0.15) is 0 Å². The van der Waals surface area contributed by atoms with E-state index >= 15 is 0 Å². The second-order valence-corrected chi connectivity index (χ2v) is 4.37. The van der Waals surface area contributed by atoms with Crippen LogP contribution in [0.3, 0.4) is 0 Å². The Morgan fingerprint density at radius 2 is 2.25 bits per heavy atom. The van der Waals surface area contributed by atoms with Gasteiger partial charge in [-0.05, 0) is 37.5 Å². The molecule has 0 saturated heterocycles. The van der Waals surface area contributed by atoms with Gasteiger partial charge in [0.25, 0.3) is 0 Å². The monoisotopic (exact) mass is 166 g/mol. The van der Waals surface area contributed by atoms with E-state index in [1.165, 1.54) is 44.1 Å². The summed E-state index contributed by atoms with van der Waals surface area (Å²) in [5.41, 5.74) is 1.49. The molecule has 12 heavy (non-hydrogen) atoms. The molecule has 0 radical (unpaired) electrons. The maximum atomic E-state index is 4.11. The molecule has 0 nitrogen and oxygen atoms in total. The summed E-state index contributed by atoms with van der Waals surface area (Å²) in [6.45, 7) is 8.80. The van der Waals surface area contributed by atoms with Crippen molar-refractivity contribution in [3.63, 3.8) is 0 Å². The van der Waals surface area contributed by atoms with Gasteiger partial charge in [0.05, 0.1) is 0 Å². The van der Waals surface area contributed by atoms with Crippen LogP contribution in [-0.4, -0.2) is 0 Å². The van der Waals surface area contributed by atoms with Crippen LogP contribution >= 0.6 is 0 Å². The molecular formula is C12H22. The fourth-order valence-electron chi connectivity index (χ4n) is 2.19. The van der Waals surface area contributed by atoms with Crippen molar-refractivity contribution in [2.24, 2.45) is 11.8 Å². The molecule has 1 fully saturated rings. The molecule has 0 heteroatoms. The summed E-state index contributed by atoms with van der Waals surface area (Å²) in [6, 6.07) is 0. The van der Waals surface area contributed by atoms with E-state index in [4.69, 9.17) is 0 Å². The molecule has 1 saturated carbocycles. The average molecular weight is 166 g/mol. The van der Waals surface area contributed by atoms with Crippen LogP contribution in [0.25, 0.3) is 0 Å². The van der Waals surface area contributed by atoms with E-state index < -0.39 is 0 Å². The second-order valence-electron chi connectivity index (χ2n) is 4.37. The molecule has 2 unspecified atom stereocenters. The normalized spacial score (nSPS) is 30.7. The third-order valence-electron chi connectivity index (χ3n) is 3.24. The fourth-order valence-corrected chi connectivity index (χ4v) is 2.19. The Bertz CT molecular complexity index is 146. The predicted octanol–water partition coefficient (Wildman–Crippen LogP) is 4.17. The Labute approximate surface area is 77.1 Å². The van der Waals surface area contributed by atoms with Crippen molar-refractivity contribution < 1.29 is 0 Å². The van der Waals surface area contributed by atoms with Crippen molar-refractivity contribution in [1.82, 2.24) is 0 Å². The van der Waals surface area contributed by atoms with Crippen LogP contribution in [0.4, 0.5) is 0 Å². The van der Waals surface area contributed by atoms with Crippen molar-refractivity contribution in [2.75, 3.05) is 0 Å². The third kappa shape index (κ3) is 2.66. The first kappa shape index (κ1) is 9.83. The lowest BCUT2D eigenvalue weighted by atomic mass is 9.76. The van der Waals surface area contributed by atoms with E-state index in [0.29, 0.717) is 0 Å². The molecule has 70 valence electrons. The van der Waals surface area contributed by atoms with Gasteiger partial charge >= 0.3 is 0 Å². The zero-order valence-corrected chi connectivity index (χ0v) is 8.60. The molecule has 0 N–H and O–H groups in total. The molecule has 0 aliphatic heterocycles. The Hall–Kier alpha value is -0.260. The molecule has 0 spiro atoms. The SMILES string of the molecule is C=C1CCC(C)C(CCCC)C1. The van der Waals surface area contributed by atoms with Crippen LogP contribution in [0.2, 0.25) is 0 Å². The number of rotatable bonds is 3. The first-order valence-corrected chi connectivity index (χ1v) is 5.40. The smallest absolute Gasteiger partial charge is 0.0292 e. The molecule has 0 amide bonds. The van der Waals surface area contributed by atoms with E-state index in [0.717, 1.165) is 11.8 Å². The maximum Gasteiger partial charge on any atom is -0.0292 e. The predicted molar refractivity (Wildman–Crippen MR) is 55.2 cm³/mol. The highest BCUT2D eigenvalue weighted by atomic mass is 14.3. The summed E-state index contributed by atoms with van der Waals surface area (Å²) in [5, 5.41) is 0. The summed E-state index contributed by atoms with van der Waals surface area (Å²) < 4.78 is 0. The number of allylic oxidation sites excluding steroid dienone is 1. The topological polar surface area (TPSA) is 0 Å². The molecule has 0 heterocycles. The lowest BCUT2D eigenvalue weighted by Crippen LogP contribution is -2.17. The second kappa shape index (κ2) is 4.69. The lowest BCUT2D eigenvalue weighted by Gasteiger charge is -2.30. The van der Waals surface area contributed by atoms with Gasteiger partial charge in [0.15, 0.2) is 0 Å². The van der Waals surface area contributed by atoms with E-state index in [2.05, 4.69) is 20.4 Å². The minimum atomic E-state index is 0.946. The molecule has 0 aromatic heterocycles. The van der Waals surface area contributed by atoms with Gasteiger partial charge in [0, 0.05) is 0 Å². The zero-order valence-electron chi connectivity index (χ0n) is 8.60. The number of hydrogen-bond acceptors (Lipinski definition) is 0. The summed E-state index contributed by atoms with van der Waals surface area (Å²) in [5.74, 6) is 1.90. The van der Waals surface area contributed by atoms with Gasteiger partial charge in [-0.25, -0.2) is 0 Å². The van der Waals surface area contributed by atoms with Crippen molar-refractivity contribution in [3.8, 4) is 0 Å². The third-order valence-corrected chi connectivity index (χ3v) is 3.24. The van der Waals surface area contributed by atoms with E-state index in [1.54, 1.807) is 0 Å². The molecular weight excluding hydrogens is 144 g/mol. The van der Waals surface area contributed by atoms with Crippen molar-refractivity contribution in [1.29, 1.82) is 0 Å². The fraction of sp³-hybridized carbons (Fsp3) is 0.833. The van der Waals surface area contributed by atoms with Crippen LogP contribution in [0, 0.1) is 11.8 Å². The first-order chi connectivity index (χ1) is 5.74. The van der Waals surface area contributed by atoms with Gasteiger partial charge in [0.2, 0.25) is 0 Å². The van der Waals surface area contributed by atoms with Gasteiger partial charge in [-0.3, -0.25) is 0 Å². The molecule has 1 rings (SSSR count). The summed E-state index contributed by atoms with van der Waals surface area (Å²) in [7, 11) is 0. The molecule has 1 aliphatic rings. The molecule has 0 aromatic rings. The summed E-state index contributed by atoms with van der Waals surface area (Å²) in [6.07, 6.45) is 8.15.